The van der Waals surface area contributed by atoms with E-state index < -0.39 is 0 Å². The number of nitrogens with zero attached hydrogens (tertiary/aromatic N) is 2. The molecule has 2 rings (SSSR count). The average Bonchev–Trinajstić information content (AvgIpc) is 2.46. The van der Waals surface area contributed by atoms with Crippen LogP contribution in [0.4, 0.5) is 0 Å². The fourth-order valence-corrected chi connectivity index (χ4v) is 1.22. The Labute approximate surface area is 88.9 Å². The molecular formula is C9H11IN2. The number of pyridine rings is 1. The summed E-state index contributed by atoms with van der Waals surface area (Å²) in [6.45, 7) is 3.17. The fraction of sp³-hybridized carbons (Fsp3) is 0.222. The van der Waals surface area contributed by atoms with E-state index in [9.17, 15) is 0 Å². The van der Waals surface area contributed by atoms with Crippen molar-refractivity contribution in [3.63, 3.8) is 0 Å². The van der Waals surface area contributed by atoms with Crippen molar-refractivity contribution in [3.8, 4) is 0 Å². The molecule has 0 aliphatic rings. The SMILES string of the molecule is CC[n+]1cc2ccccn2c1.[I-]. The van der Waals surface area contributed by atoms with E-state index in [0.717, 1.165) is 6.54 Å². The molecule has 3 heteroatoms. The Balaban J connectivity index is 0.000000720. The van der Waals surface area contributed by atoms with Gasteiger partial charge in [0.1, 0.15) is 6.20 Å². The lowest BCUT2D eigenvalue weighted by Gasteiger charge is -1.80. The van der Waals surface area contributed by atoms with Crippen molar-refractivity contribution in [1.29, 1.82) is 0 Å². The highest BCUT2D eigenvalue weighted by molar-refractivity contribution is 5.41. The first kappa shape index (κ1) is 9.51. The van der Waals surface area contributed by atoms with Crippen LogP contribution < -0.4 is 28.5 Å². The largest absolute Gasteiger partial charge is 1.00 e. The molecule has 0 aliphatic heterocycles. The fourth-order valence-electron chi connectivity index (χ4n) is 1.22. The van der Waals surface area contributed by atoms with Gasteiger partial charge in [0.25, 0.3) is 0 Å². The predicted molar refractivity (Wildman–Crippen MR) is 43.3 cm³/mol. The summed E-state index contributed by atoms with van der Waals surface area (Å²) >= 11 is 0. The monoisotopic (exact) mass is 274 g/mol. The van der Waals surface area contributed by atoms with Crippen molar-refractivity contribution in [1.82, 2.24) is 4.40 Å². The van der Waals surface area contributed by atoms with Crippen LogP contribution in [-0.2, 0) is 6.54 Å². The van der Waals surface area contributed by atoms with E-state index in [1.807, 2.05) is 6.07 Å². The van der Waals surface area contributed by atoms with Gasteiger partial charge in [0.15, 0.2) is 5.52 Å². The highest BCUT2D eigenvalue weighted by Gasteiger charge is 2.01. The Bertz CT molecular complexity index is 334. The molecule has 2 heterocycles. The lowest BCUT2D eigenvalue weighted by molar-refractivity contribution is -0.692. The minimum absolute atomic E-state index is 0. The van der Waals surface area contributed by atoms with Crippen molar-refractivity contribution < 1.29 is 28.5 Å². The molecule has 0 spiro atoms. The zero-order valence-electron chi connectivity index (χ0n) is 6.94. The second-order valence-electron chi connectivity index (χ2n) is 2.61. The Morgan fingerprint density at radius 1 is 1.42 bits per heavy atom. The summed E-state index contributed by atoms with van der Waals surface area (Å²) in [5, 5.41) is 0. The van der Waals surface area contributed by atoms with Gasteiger partial charge in [-0.2, -0.15) is 0 Å². The molecule has 0 atom stereocenters. The molecule has 0 aromatic carbocycles. The van der Waals surface area contributed by atoms with Crippen LogP contribution in [0.15, 0.2) is 36.9 Å². The number of imidazole rings is 1. The summed E-state index contributed by atoms with van der Waals surface area (Å²) < 4.78 is 4.28. The number of hydrogen-bond donors (Lipinski definition) is 0. The van der Waals surface area contributed by atoms with E-state index in [2.05, 4.69) is 46.7 Å². The molecule has 0 fully saturated rings. The minimum Gasteiger partial charge on any atom is -1.00 e. The molecule has 0 unspecified atom stereocenters. The molecule has 2 aromatic rings. The first-order valence-corrected chi connectivity index (χ1v) is 3.86. The Morgan fingerprint density at radius 3 is 2.92 bits per heavy atom. The number of fused-ring (bicyclic) bond motifs is 1. The highest BCUT2D eigenvalue weighted by atomic mass is 127. The average molecular weight is 274 g/mol. The van der Waals surface area contributed by atoms with Crippen LogP contribution in [0.3, 0.4) is 0 Å². The van der Waals surface area contributed by atoms with E-state index >= 15 is 0 Å². The molecule has 0 aliphatic carbocycles. The molecule has 0 N–H and O–H groups in total. The second kappa shape index (κ2) is 3.89. The van der Waals surface area contributed by atoms with E-state index in [1.54, 1.807) is 0 Å². The van der Waals surface area contributed by atoms with Gasteiger partial charge in [-0.3, -0.25) is 0 Å². The molecular weight excluding hydrogens is 263 g/mol. The Morgan fingerprint density at radius 2 is 2.25 bits per heavy atom. The van der Waals surface area contributed by atoms with E-state index in [1.165, 1.54) is 5.52 Å². The maximum atomic E-state index is 2.16. The van der Waals surface area contributed by atoms with Crippen molar-refractivity contribution in [3.05, 3.63) is 36.9 Å². The van der Waals surface area contributed by atoms with Crippen LogP contribution in [0.5, 0.6) is 0 Å². The molecule has 2 nitrogen and oxygen atoms in total. The Kier molecular flexibility index (Phi) is 3.08. The molecule has 0 saturated heterocycles. The van der Waals surface area contributed by atoms with Crippen LogP contribution in [0.1, 0.15) is 6.92 Å². The summed E-state index contributed by atoms with van der Waals surface area (Å²) in [6.07, 6.45) is 6.29. The van der Waals surface area contributed by atoms with Gasteiger partial charge >= 0.3 is 0 Å². The molecule has 64 valence electrons. The second-order valence-corrected chi connectivity index (χ2v) is 2.61. The third kappa shape index (κ3) is 1.60. The zero-order chi connectivity index (χ0) is 7.68. The number of halogens is 1. The number of hydrogen-bond acceptors (Lipinski definition) is 0. The van der Waals surface area contributed by atoms with Crippen LogP contribution in [0.2, 0.25) is 0 Å². The lowest BCUT2D eigenvalue weighted by Crippen LogP contribution is -3.00. The topological polar surface area (TPSA) is 8.29 Å². The third-order valence-corrected chi connectivity index (χ3v) is 1.86. The van der Waals surface area contributed by atoms with E-state index in [0.29, 0.717) is 0 Å². The first-order valence-electron chi connectivity index (χ1n) is 3.86. The van der Waals surface area contributed by atoms with Crippen molar-refractivity contribution in [2.75, 3.05) is 0 Å². The molecule has 0 amide bonds. The maximum absolute atomic E-state index is 2.16. The smallest absolute Gasteiger partial charge is 0.248 e. The summed E-state index contributed by atoms with van der Waals surface area (Å²) in [5.41, 5.74) is 1.24. The Hall–Kier alpha value is -0.580. The number of aromatic nitrogens is 2. The van der Waals surface area contributed by atoms with Gasteiger partial charge < -0.3 is 24.0 Å². The highest BCUT2D eigenvalue weighted by Crippen LogP contribution is 1.97. The molecule has 0 bridgehead atoms. The van der Waals surface area contributed by atoms with E-state index in [-0.39, 0.29) is 24.0 Å². The van der Waals surface area contributed by atoms with Crippen LogP contribution in [-0.4, -0.2) is 4.40 Å². The van der Waals surface area contributed by atoms with Gasteiger partial charge in [0.2, 0.25) is 6.33 Å². The lowest BCUT2D eigenvalue weighted by atomic mass is 10.4. The summed E-state index contributed by atoms with van der Waals surface area (Å²) in [6, 6.07) is 6.19. The number of rotatable bonds is 1. The van der Waals surface area contributed by atoms with E-state index in [4.69, 9.17) is 0 Å². The first-order chi connectivity index (χ1) is 5.40. The van der Waals surface area contributed by atoms with Gasteiger partial charge in [-0.15, -0.1) is 0 Å². The standard InChI is InChI=1S/C9H11N2.HI/c1-2-10-7-9-5-3-4-6-11(9)8-10;/h3-8H,2H2,1H3;1H/q+1;/p-1. The van der Waals surface area contributed by atoms with Gasteiger partial charge in [-0.1, -0.05) is 6.07 Å². The maximum Gasteiger partial charge on any atom is 0.248 e. The van der Waals surface area contributed by atoms with Gasteiger partial charge in [0, 0.05) is 0 Å². The third-order valence-electron chi connectivity index (χ3n) is 1.86. The van der Waals surface area contributed by atoms with Crippen LogP contribution >= 0.6 is 0 Å². The molecule has 2 aromatic heterocycles. The quantitative estimate of drug-likeness (QED) is 0.431. The van der Waals surface area contributed by atoms with Crippen LogP contribution in [0.25, 0.3) is 5.52 Å². The number of aryl methyl sites for hydroxylation is 1. The molecule has 0 radical (unpaired) electrons. The van der Waals surface area contributed by atoms with Gasteiger partial charge in [-0.05, 0) is 19.1 Å². The summed E-state index contributed by atoms with van der Waals surface area (Å²) in [5.74, 6) is 0. The summed E-state index contributed by atoms with van der Waals surface area (Å²) in [7, 11) is 0. The normalized spacial score (nSPS) is 9.75. The van der Waals surface area contributed by atoms with Crippen LogP contribution in [0, 0.1) is 0 Å². The summed E-state index contributed by atoms with van der Waals surface area (Å²) in [4.78, 5) is 0. The van der Waals surface area contributed by atoms with Crippen molar-refractivity contribution >= 4 is 5.52 Å². The van der Waals surface area contributed by atoms with Crippen molar-refractivity contribution in [2.24, 2.45) is 0 Å². The molecule has 12 heavy (non-hydrogen) atoms. The van der Waals surface area contributed by atoms with Crippen molar-refractivity contribution in [2.45, 2.75) is 13.5 Å². The molecule has 0 saturated carbocycles. The van der Waals surface area contributed by atoms with Gasteiger partial charge in [0.05, 0.1) is 12.7 Å². The minimum atomic E-state index is 0. The zero-order valence-corrected chi connectivity index (χ0v) is 9.10. The predicted octanol–water partition coefficient (Wildman–Crippen LogP) is -1.75. The van der Waals surface area contributed by atoms with Gasteiger partial charge in [-0.25, -0.2) is 8.97 Å².